The smallest absolute Gasteiger partial charge is 0.410 e. The molecule has 0 radical (unpaired) electrons. The van der Waals surface area contributed by atoms with Crippen LogP contribution in [0.15, 0.2) is 24.3 Å². The van der Waals surface area contributed by atoms with E-state index in [4.69, 9.17) is 4.74 Å². The standard InChI is InChI=1S/C21H22N4O3S/c1-3-28-21(27)23-10-9-16-17(12-22)20(29-19(16)13-23)25(14(2)26)24-11-8-15-6-4-5-7-18(15)24/h4-7H,3,8-11,13H2,1-2H3. The van der Waals surface area contributed by atoms with E-state index < -0.39 is 0 Å². The third-order valence-electron chi connectivity index (χ3n) is 5.27. The van der Waals surface area contributed by atoms with Crippen LogP contribution in [0.25, 0.3) is 0 Å². The Bertz CT molecular complexity index is 1010. The van der Waals surface area contributed by atoms with E-state index in [1.807, 2.05) is 23.2 Å². The summed E-state index contributed by atoms with van der Waals surface area (Å²) < 4.78 is 5.12. The molecular formula is C21H22N4O3S. The highest BCUT2D eigenvalue weighted by atomic mass is 32.1. The van der Waals surface area contributed by atoms with E-state index in [1.165, 1.54) is 23.8 Å². The molecule has 29 heavy (non-hydrogen) atoms. The van der Waals surface area contributed by atoms with Crippen LogP contribution in [-0.4, -0.2) is 36.6 Å². The molecular weight excluding hydrogens is 388 g/mol. The molecule has 3 heterocycles. The molecule has 2 aliphatic heterocycles. The quantitative estimate of drug-likeness (QED) is 0.774. The summed E-state index contributed by atoms with van der Waals surface area (Å²) in [5, 5.41) is 14.1. The van der Waals surface area contributed by atoms with Gasteiger partial charge in [0, 0.05) is 24.9 Å². The second-order valence-corrected chi connectivity index (χ2v) is 8.08. The van der Waals surface area contributed by atoms with Crippen LogP contribution in [0.5, 0.6) is 0 Å². The average Bonchev–Trinajstić information content (AvgIpc) is 3.29. The van der Waals surface area contributed by atoms with Crippen molar-refractivity contribution in [2.75, 3.05) is 29.7 Å². The average molecular weight is 410 g/mol. The van der Waals surface area contributed by atoms with Crippen molar-refractivity contribution in [3.05, 3.63) is 45.8 Å². The molecule has 2 amide bonds. The van der Waals surface area contributed by atoms with Crippen LogP contribution in [0.3, 0.4) is 0 Å². The van der Waals surface area contributed by atoms with E-state index >= 15 is 0 Å². The second-order valence-electron chi connectivity index (χ2n) is 7.00. The zero-order valence-corrected chi connectivity index (χ0v) is 17.3. The predicted octanol–water partition coefficient (Wildman–Crippen LogP) is 3.46. The topological polar surface area (TPSA) is 76.9 Å². The number of ether oxygens (including phenoxy) is 1. The van der Waals surface area contributed by atoms with Crippen LogP contribution >= 0.6 is 11.3 Å². The van der Waals surface area contributed by atoms with Gasteiger partial charge in [0.1, 0.15) is 11.1 Å². The fourth-order valence-corrected chi connectivity index (χ4v) is 5.34. The Balaban J connectivity index is 1.72. The summed E-state index contributed by atoms with van der Waals surface area (Å²) in [6.07, 6.45) is 1.09. The number of para-hydroxylation sites is 1. The molecule has 4 rings (SSSR count). The number of anilines is 2. The highest BCUT2D eigenvalue weighted by Crippen LogP contribution is 2.42. The Hall–Kier alpha value is -3.05. The molecule has 0 bridgehead atoms. The van der Waals surface area contributed by atoms with E-state index in [1.54, 1.807) is 16.8 Å². The molecule has 150 valence electrons. The van der Waals surface area contributed by atoms with Gasteiger partial charge >= 0.3 is 6.09 Å². The zero-order valence-electron chi connectivity index (χ0n) is 16.5. The van der Waals surface area contributed by atoms with Gasteiger partial charge in [0.15, 0.2) is 0 Å². The number of rotatable bonds is 3. The molecule has 2 aliphatic rings. The van der Waals surface area contributed by atoms with E-state index in [2.05, 4.69) is 12.1 Å². The maximum Gasteiger partial charge on any atom is 0.410 e. The second kappa shape index (κ2) is 7.76. The zero-order chi connectivity index (χ0) is 20.5. The number of amides is 2. The Morgan fingerprint density at radius 1 is 1.28 bits per heavy atom. The van der Waals surface area contributed by atoms with Crippen LogP contribution in [0.1, 0.15) is 35.4 Å². The summed E-state index contributed by atoms with van der Waals surface area (Å²) in [6, 6.07) is 10.3. The van der Waals surface area contributed by atoms with Gasteiger partial charge in [-0.25, -0.2) is 9.80 Å². The first-order valence-corrected chi connectivity index (χ1v) is 10.5. The minimum Gasteiger partial charge on any atom is -0.450 e. The summed E-state index contributed by atoms with van der Waals surface area (Å²) in [6.45, 7) is 5.21. The third kappa shape index (κ3) is 3.32. The minimum absolute atomic E-state index is 0.140. The van der Waals surface area contributed by atoms with E-state index in [9.17, 15) is 14.9 Å². The number of nitriles is 1. The summed E-state index contributed by atoms with van der Waals surface area (Å²) >= 11 is 1.42. The van der Waals surface area contributed by atoms with Crippen molar-refractivity contribution >= 4 is 34.0 Å². The Morgan fingerprint density at radius 3 is 2.79 bits per heavy atom. The number of carbonyl (C=O) groups excluding carboxylic acids is 2. The van der Waals surface area contributed by atoms with Gasteiger partial charge < -0.3 is 9.64 Å². The van der Waals surface area contributed by atoms with Gasteiger partial charge in [-0.05, 0) is 37.0 Å². The lowest BCUT2D eigenvalue weighted by molar-refractivity contribution is -0.116. The minimum atomic E-state index is -0.344. The summed E-state index contributed by atoms with van der Waals surface area (Å²) in [5.41, 5.74) is 3.65. The highest BCUT2D eigenvalue weighted by Gasteiger charge is 2.34. The number of carbonyl (C=O) groups is 2. The van der Waals surface area contributed by atoms with Crippen LogP contribution in [-0.2, 0) is 28.9 Å². The van der Waals surface area contributed by atoms with Crippen molar-refractivity contribution in [2.45, 2.75) is 33.2 Å². The molecule has 0 fully saturated rings. The van der Waals surface area contributed by atoms with E-state index in [-0.39, 0.29) is 12.0 Å². The van der Waals surface area contributed by atoms with Crippen LogP contribution in [0, 0.1) is 11.3 Å². The summed E-state index contributed by atoms with van der Waals surface area (Å²) in [7, 11) is 0. The predicted molar refractivity (Wildman–Crippen MR) is 111 cm³/mol. The van der Waals surface area contributed by atoms with Gasteiger partial charge in [0.05, 0.1) is 24.4 Å². The molecule has 1 aromatic heterocycles. The largest absolute Gasteiger partial charge is 0.450 e. The highest BCUT2D eigenvalue weighted by molar-refractivity contribution is 7.16. The number of fused-ring (bicyclic) bond motifs is 2. The molecule has 0 N–H and O–H groups in total. The fraction of sp³-hybridized carbons (Fsp3) is 0.381. The molecule has 0 saturated heterocycles. The third-order valence-corrected chi connectivity index (χ3v) is 6.46. The number of thiophene rings is 1. The number of benzene rings is 1. The number of hydrazine groups is 1. The number of hydrogen-bond donors (Lipinski definition) is 0. The van der Waals surface area contributed by atoms with Crippen molar-refractivity contribution in [3.8, 4) is 6.07 Å². The molecule has 0 atom stereocenters. The Labute approximate surface area is 173 Å². The molecule has 0 spiro atoms. The molecule has 7 nitrogen and oxygen atoms in total. The van der Waals surface area contributed by atoms with E-state index in [0.717, 1.165) is 22.5 Å². The van der Waals surface area contributed by atoms with Gasteiger partial charge in [-0.3, -0.25) is 9.80 Å². The number of nitrogens with zero attached hydrogens (tertiary/aromatic N) is 4. The van der Waals surface area contributed by atoms with Crippen LogP contribution in [0.4, 0.5) is 15.5 Å². The van der Waals surface area contributed by atoms with Gasteiger partial charge in [0.25, 0.3) is 0 Å². The van der Waals surface area contributed by atoms with Crippen molar-refractivity contribution in [3.63, 3.8) is 0 Å². The molecule has 0 aliphatic carbocycles. The van der Waals surface area contributed by atoms with Gasteiger partial charge in [-0.2, -0.15) is 5.26 Å². The number of hydrogen-bond acceptors (Lipinski definition) is 6. The molecule has 2 aromatic rings. The lowest BCUT2D eigenvalue weighted by Gasteiger charge is -2.32. The van der Waals surface area contributed by atoms with Crippen molar-refractivity contribution < 1.29 is 14.3 Å². The Kier molecular flexibility index (Phi) is 5.16. The lowest BCUT2D eigenvalue weighted by atomic mass is 10.0. The summed E-state index contributed by atoms with van der Waals surface area (Å²) in [5.74, 6) is -0.140. The molecule has 0 unspecified atom stereocenters. The SMILES string of the molecule is CCOC(=O)N1CCc2c(sc(N(C(C)=O)N3CCc4ccccc43)c2C#N)C1. The van der Waals surface area contributed by atoms with Gasteiger partial charge in [-0.15, -0.1) is 11.3 Å². The van der Waals surface area contributed by atoms with Gasteiger partial charge in [0.2, 0.25) is 5.91 Å². The van der Waals surface area contributed by atoms with Gasteiger partial charge in [-0.1, -0.05) is 18.2 Å². The normalized spacial score (nSPS) is 14.8. The maximum atomic E-state index is 12.7. The Morgan fingerprint density at radius 2 is 2.07 bits per heavy atom. The summed E-state index contributed by atoms with van der Waals surface area (Å²) in [4.78, 5) is 27.4. The fourth-order valence-electron chi connectivity index (χ4n) is 3.98. The van der Waals surface area contributed by atoms with E-state index in [0.29, 0.717) is 43.2 Å². The van der Waals surface area contributed by atoms with Crippen molar-refractivity contribution in [1.29, 1.82) is 5.26 Å². The maximum absolute atomic E-state index is 12.7. The molecule has 0 saturated carbocycles. The molecule has 8 heteroatoms. The lowest BCUT2D eigenvalue weighted by Crippen LogP contribution is -2.45. The first-order chi connectivity index (χ1) is 14.0. The first-order valence-electron chi connectivity index (χ1n) is 9.67. The van der Waals surface area contributed by atoms with Crippen molar-refractivity contribution in [2.24, 2.45) is 0 Å². The van der Waals surface area contributed by atoms with Crippen molar-refractivity contribution in [1.82, 2.24) is 4.90 Å². The monoisotopic (exact) mass is 410 g/mol. The first kappa shape index (κ1) is 19.3. The van der Waals surface area contributed by atoms with Crippen LogP contribution < -0.4 is 10.0 Å². The molecule has 1 aromatic carbocycles. The van der Waals surface area contributed by atoms with Crippen LogP contribution in [0.2, 0.25) is 0 Å².